The van der Waals surface area contributed by atoms with Crippen molar-refractivity contribution in [2.45, 2.75) is 47.6 Å². The zero-order valence-corrected chi connectivity index (χ0v) is 10.7. The smallest absolute Gasteiger partial charge is 0.00482 e. The molecular formula is C12H28N2. The molecule has 0 saturated heterocycles. The molecule has 3 unspecified atom stereocenters. The van der Waals surface area contributed by atoms with Crippen molar-refractivity contribution in [3.05, 3.63) is 0 Å². The van der Waals surface area contributed by atoms with Crippen LogP contribution in [0.5, 0.6) is 0 Å². The summed E-state index contributed by atoms with van der Waals surface area (Å²) >= 11 is 0. The second-order valence-corrected chi connectivity index (χ2v) is 5.76. The second-order valence-electron chi connectivity index (χ2n) is 5.76. The molecule has 0 radical (unpaired) electrons. The lowest BCUT2D eigenvalue weighted by atomic mass is 9.82. The molecule has 86 valence electrons. The summed E-state index contributed by atoms with van der Waals surface area (Å²) in [4.78, 5) is 0. The Morgan fingerprint density at radius 2 is 1.57 bits per heavy atom. The van der Waals surface area contributed by atoms with Gasteiger partial charge in [-0.15, -0.1) is 0 Å². The molecule has 0 aliphatic carbocycles. The predicted octanol–water partition coefficient (Wildman–Crippen LogP) is 2.24. The first-order valence-corrected chi connectivity index (χ1v) is 5.71. The molecule has 2 nitrogen and oxygen atoms in total. The van der Waals surface area contributed by atoms with Crippen molar-refractivity contribution < 1.29 is 0 Å². The van der Waals surface area contributed by atoms with Crippen molar-refractivity contribution in [3.63, 3.8) is 0 Å². The van der Waals surface area contributed by atoms with Gasteiger partial charge in [0.25, 0.3) is 0 Å². The van der Waals surface area contributed by atoms with Gasteiger partial charge in [0.05, 0.1) is 0 Å². The second kappa shape index (κ2) is 5.72. The molecule has 0 spiro atoms. The Labute approximate surface area is 89.6 Å². The van der Waals surface area contributed by atoms with E-state index < -0.39 is 0 Å². The Morgan fingerprint density at radius 3 is 1.93 bits per heavy atom. The van der Waals surface area contributed by atoms with Gasteiger partial charge in [0.15, 0.2) is 0 Å². The fourth-order valence-electron chi connectivity index (χ4n) is 1.02. The van der Waals surface area contributed by atoms with Gasteiger partial charge in [0.1, 0.15) is 0 Å². The van der Waals surface area contributed by atoms with E-state index in [-0.39, 0.29) is 6.04 Å². The van der Waals surface area contributed by atoms with E-state index in [0.29, 0.717) is 17.3 Å². The lowest BCUT2D eigenvalue weighted by Gasteiger charge is -2.28. The number of nitrogens with two attached hydrogens (primary N) is 1. The topological polar surface area (TPSA) is 38.0 Å². The maximum Gasteiger partial charge on any atom is 0.00482 e. The molecule has 0 bridgehead atoms. The van der Waals surface area contributed by atoms with Crippen LogP contribution in [0.4, 0.5) is 0 Å². The molecule has 0 aromatic heterocycles. The molecule has 2 heteroatoms. The molecule has 0 aromatic carbocycles. The molecule has 14 heavy (non-hydrogen) atoms. The van der Waals surface area contributed by atoms with Crippen LogP contribution in [-0.2, 0) is 0 Å². The molecule has 0 heterocycles. The first-order chi connectivity index (χ1) is 6.25. The summed E-state index contributed by atoms with van der Waals surface area (Å²) in [7, 11) is 0. The minimum absolute atomic E-state index is 0.285. The fourth-order valence-corrected chi connectivity index (χ4v) is 1.02. The molecule has 0 rings (SSSR count). The third-order valence-electron chi connectivity index (χ3n) is 3.29. The third-order valence-corrected chi connectivity index (χ3v) is 3.29. The molecule has 3 N–H and O–H groups in total. The average Bonchev–Trinajstić information content (AvgIpc) is 2.01. The first-order valence-electron chi connectivity index (χ1n) is 5.71. The highest BCUT2D eigenvalue weighted by Gasteiger charge is 2.19. The predicted molar refractivity (Wildman–Crippen MR) is 64.3 cm³/mol. The van der Waals surface area contributed by atoms with Gasteiger partial charge in [-0.2, -0.15) is 0 Å². The molecular weight excluding hydrogens is 172 g/mol. The largest absolute Gasteiger partial charge is 0.328 e. The highest BCUT2D eigenvalue weighted by atomic mass is 14.9. The Hall–Kier alpha value is -0.0800. The van der Waals surface area contributed by atoms with E-state index in [2.05, 4.69) is 46.9 Å². The van der Waals surface area contributed by atoms with Gasteiger partial charge in [0, 0.05) is 6.04 Å². The Kier molecular flexibility index (Phi) is 5.68. The van der Waals surface area contributed by atoms with Crippen LogP contribution in [0.3, 0.4) is 0 Å². The van der Waals surface area contributed by atoms with Crippen molar-refractivity contribution in [1.82, 2.24) is 5.32 Å². The van der Waals surface area contributed by atoms with E-state index in [9.17, 15) is 0 Å². The summed E-state index contributed by atoms with van der Waals surface area (Å²) < 4.78 is 0. The van der Waals surface area contributed by atoms with E-state index in [1.807, 2.05) is 0 Å². The van der Waals surface area contributed by atoms with Crippen molar-refractivity contribution in [2.24, 2.45) is 23.0 Å². The molecule has 0 fully saturated rings. The maximum atomic E-state index is 5.80. The van der Waals surface area contributed by atoms with Crippen LogP contribution in [0.1, 0.15) is 41.5 Å². The molecule has 0 aromatic rings. The van der Waals surface area contributed by atoms with Crippen molar-refractivity contribution in [2.75, 3.05) is 13.1 Å². The Morgan fingerprint density at radius 1 is 1.07 bits per heavy atom. The van der Waals surface area contributed by atoms with E-state index in [1.54, 1.807) is 0 Å². The average molecular weight is 200 g/mol. The molecule has 3 atom stereocenters. The zero-order valence-electron chi connectivity index (χ0n) is 10.7. The minimum atomic E-state index is 0.285. The van der Waals surface area contributed by atoms with E-state index in [0.717, 1.165) is 13.1 Å². The van der Waals surface area contributed by atoms with Gasteiger partial charge < -0.3 is 11.1 Å². The summed E-state index contributed by atoms with van der Waals surface area (Å²) in [5.74, 6) is 1.25. The standard InChI is InChI=1S/C12H28N2/c1-9(11(3)13)7-14-8-10(2)12(4,5)6/h9-11,14H,7-8,13H2,1-6H3. The van der Waals surface area contributed by atoms with Crippen molar-refractivity contribution in [3.8, 4) is 0 Å². The lowest BCUT2D eigenvalue weighted by Crippen LogP contribution is -2.37. The van der Waals surface area contributed by atoms with E-state index >= 15 is 0 Å². The van der Waals surface area contributed by atoms with Gasteiger partial charge in [-0.25, -0.2) is 0 Å². The van der Waals surface area contributed by atoms with Gasteiger partial charge in [-0.1, -0.05) is 34.6 Å². The third kappa shape index (κ3) is 5.61. The lowest BCUT2D eigenvalue weighted by molar-refractivity contribution is 0.248. The molecule has 0 saturated carbocycles. The number of nitrogens with one attached hydrogen (secondary N) is 1. The van der Waals surface area contributed by atoms with Crippen LogP contribution in [0, 0.1) is 17.3 Å². The zero-order chi connectivity index (χ0) is 11.4. The van der Waals surface area contributed by atoms with Crippen LogP contribution in [0.15, 0.2) is 0 Å². The van der Waals surface area contributed by atoms with Crippen LogP contribution < -0.4 is 11.1 Å². The van der Waals surface area contributed by atoms with Crippen molar-refractivity contribution >= 4 is 0 Å². The summed E-state index contributed by atoms with van der Waals surface area (Å²) in [6, 6.07) is 0.285. The van der Waals surface area contributed by atoms with Crippen LogP contribution in [-0.4, -0.2) is 19.1 Å². The van der Waals surface area contributed by atoms with Crippen LogP contribution >= 0.6 is 0 Å². The molecule has 0 amide bonds. The Bertz CT molecular complexity index is 147. The quantitative estimate of drug-likeness (QED) is 0.714. The van der Waals surface area contributed by atoms with Gasteiger partial charge in [0.2, 0.25) is 0 Å². The Balaban J connectivity index is 3.65. The normalized spacial score (nSPS) is 19.1. The molecule has 0 aliphatic heterocycles. The summed E-state index contributed by atoms with van der Waals surface area (Å²) in [6.07, 6.45) is 0. The van der Waals surface area contributed by atoms with Gasteiger partial charge in [-0.3, -0.25) is 0 Å². The fraction of sp³-hybridized carbons (Fsp3) is 1.00. The van der Waals surface area contributed by atoms with Crippen LogP contribution in [0.2, 0.25) is 0 Å². The van der Waals surface area contributed by atoms with Crippen molar-refractivity contribution in [1.29, 1.82) is 0 Å². The number of rotatable bonds is 5. The van der Waals surface area contributed by atoms with Crippen LogP contribution in [0.25, 0.3) is 0 Å². The maximum absolute atomic E-state index is 5.80. The number of hydrogen-bond acceptors (Lipinski definition) is 2. The highest BCUT2D eigenvalue weighted by molar-refractivity contribution is 4.73. The summed E-state index contributed by atoms with van der Waals surface area (Å²) in [5.41, 5.74) is 6.19. The minimum Gasteiger partial charge on any atom is -0.328 e. The summed E-state index contributed by atoms with van der Waals surface area (Å²) in [5, 5.41) is 3.49. The first kappa shape index (κ1) is 13.9. The monoisotopic (exact) mass is 200 g/mol. The van der Waals surface area contributed by atoms with E-state index in [4.69, 9.17) is 5.73 Å². The molecule has 0 aliphatic rings. The van der Waals surface area contributed by atoms with Gasteiger partial charge in [-0.05, 0) is 37.3 Å². The summed E-state index contributed by atoms with van der Waals surface area (Å²) in [6.45, 7) is 15.5. The van der Waals surface area contributed by atoms with E-state index in [1.165, 1.54) is 0 Å². The SMILES string of the molecule is CC(N)C(C)CNCC(C)C(C)(C)C. The number of hydrogen-bond donors (Lipinski definition) is 2. The highest BCUT2D eigenvalue weighted by Crippen LogP contribution is 2.24. The van der Waals surface area contributed by atoms with Gasteiger partial charge >= 0.3 is 0 Å².